The summed E-state index contributed by atoms with van der Waals surface area (Å²) in [7, 11) is 0. The summed E-state index contributed by atoms with van der Waals surface area (Å²) in [5.74, 6) is 1.88. The van der Waals surface area contributed by atoms with E-state index in [0.29, 0.717) is 17.2 Å². The van der Waals surface area contributed by atoms with E-state index in [2.05, 4.69) is 29.2 Å². The quantitative estimate of drug-likeness (QED) is 0.153. The second-order valence-corrected chi connectivity index (χ2v) is 12.0. The highest BCUT2D eigenvalue weighted by atomic mass is 27.3. The Morgan fingerprint density at radius 1 is 0.444 bits per heavy atom. The Hall–Kier alpha value is -5.35. The molecular formula is C38H30AlN3O3. The Morgan fingerprint density at radius 2 is 0.911 bits per heavy atom. The number of anilines is 3. The minimum atomic E-state index is -2.91. The fraction of sp³-hybridized carbons (Fsp3) is 0.0526. The van der Waals surface area contributed by atoms with E-state index in [1.54, 1.807) is 0 Å². The van der Waals surface area contributed by atoms with Gasteiger partial charge in [0.25, 0.3) is 0 Å². The van der Waals surface area contributed by atoms with Crippen LogP contribution in [0.1, 0.15) is 11.4 Å². The fourth-order valence-corrected chi connectivity index (χ4v) is 6.61. The molecule has 0 fully saturated rings. The van der Waals surface area contributed by atoms with Crippen molar-refractivity contribution >= 4 is 54.0 Å². The van der Waals surface area contributed by atoms with Gasteiger partial charge in [-0.15, -0.1) is 0 Å². The van der Waals surface area contributed by atoms with Crippen LogP contribution in [0.5, 0.6) is 17.2 Å². The maximum absolute atomic E-state index is 6.58. The molecule has 0 aliphatic carbocycles. The van der Waals surface area contributed by atoms with E-state index in [-0.39, 0.29) is 0 Å². The number of hydrogen-bond donors (Lipinski definition) is 0. The van der Waals surface area contributed by atoms with E-state index in [1.165, 1.54) is 0 Å². The summed E-state index contributed by atoms with van der Waals surface area (Å²) in [6, 6.07) is 48.5. The minimum Gasteiger partial charge on any atom is -0.577 e. The predicted molar refractivity (Wildman–Crippen MR) is 182 cm³/mol. The normalized spacial score (nSPS) is 10.9. The predicted octanol–water partition coefficient (Wildman–Crippen LogP) is 9.39. The number of para-hydroxylation sites is 4. The fourth-order valence-electron chi connectivity index (χ4n) is 5.29. The number of fused-ring (bicyclic) bond motifs is 2. The van der Waals surface area contributed by atoms with Gasteiger partial charge in [-0.3, -0.25) is 0 Å². The molecule has 0 aliphatic rings. The second kappa shape index (κ2) is 12.7. The molecule has 0 saturated heterocycles. The molecule has 0 spiro atoms. The minimum absolute atomic E-state index is 0.619. The summed E-state index contributed by atoms with van der Waals surface area (Å²) in [5, 5.41) is 1.97. The van der Waals surface area contributed by atoms with Gasteiger partial charge in [0.2, 0.25) is 0 Å². The first-order valence-corrected chi connectivity index (χ1v) is 16.3. The first-order valence-electron chi connectivity index (χ1n) is 14.8. The highest BCUT2D eigenvalue weighted by molar-refractivity contribution is 6.40. The third-order valence-electron chi connectivity index (χ3n) is 7.45. The van der Waals surface area contributed by atoms with E-state index in [1.807, 2.05) is 135 Å². The van der Waals surface area contributed by atoms with Crippen LogP contribution >= 0.6 is 0 Å². The molecule has 0 N–H and O–H groups in total. The summed E-state index contributed by atoms with van der Waals surface area (Å²) < 4.78 is 19.7. The molecule has 45 heavy (non-hydrogen) atoms. The zero-order valence-electron chi connectivity index (χ0n) is 25.0. The van der Waals surface area contributed by atoms with E-state index >= 15 is 0 Å². The lowest BCUT2D eigenvalue weighted by Crippen LogP contribution is -2.37. The molecule has 7 aromatic rings. The van der Waals surface area contributed by atoms with E-state index < -0.39 is 15.1 Å². The van der Waals surface area contributed by atoms with Gasteiger partial charge >= 0.3 is 15.1 Å². The Balaban J connectivity index is 1.23. The Bertz CT molecular complexity index is 1950. The smallest absolute Gasteiger partial charge is 0.577 e. The molecular weight excluding hydrogens is 573 g/mol. The Kier molecular flexibility index (Phi) is 8.03. The van der Waals surface area contributed by atoms with Crippen LogP contribution in [0.2, 0.25) is 0 Å². The van der Waals surface area contributed by atoms with Crippen molar-refractivity contribution in [3.8, 4) is 17.2 Å². The number of benzene rings is 5. The number of rotatable bonds is 9. The van der Waals surface area contributed by atoms with Crippen LogP contribution in [0.4, 0.5) is 17.1 Å². The van der Waals surface area contributed by atoms with Gasteiger partial charge in [-0.25, -0.2) is 9.97 Å². The molecule has 7 rings (SSSR count). The van der Waals surface area contributed by atoms with Crippen LogP contribution in [0.15, 0.2) is 146 Å². The van der Waals surface area contributed by atoms with Gasteiger partial charge in [-0.2, -0.15) is 0 Å². The molecule has 6 nitrogen and oxygen atoms in total. The van der Waals surface area contributed by atoms with Gasteiger partial charge in [0.05, 0.1) is 5.75 Å². The number of aromatic nitrogens is 2. The molecule has 7 heteroatoms. The van der Waals surface area contributed by atoms with Crippen LogP contribution in [0, 0.1) is 13.8 Å². The molecule has 218 valence electrons. The molecule has 0 saturated carbocycles. The largest absolute Gasteiger partial charge is 1.20 e. The van der Waals surface area contributed by atoms with Crippen molar-refractivity contribution < 1.29 is 11.4 Å². The van der Waals surface area contributed by atoms with Crippen LogP contribution < -0.4 is 16.3 Å². The first kappa shape index (κ1) is 28.4. The van der Waals surface area contributed by atoms with Crippen molar-refractivity contribution in [2.24, 2.45) is 0 Å². The lowest BCUT2D eigenvalue weighted by molar-refractivity contribution is 0.310. The van der Waals surface area contributed by atoms with E-state index in [0.717, 1.165) is 50.3 Å². The van der Waals surface area contributed by atoms with Crippen molar-refractivity contribution in [2.75, 3.05) is 4.90 Å². The van der Waals surface area contributed by atoms with Gasteiger partial charge in [-0.1, -0.05) is 72.8 Å². The summed E-state index contributed by atoms with van der Waals surface area (Å²) in [5.41, 5.74) is 6.48. The maximum Gasteiger partial charge on any atom is 1.20 e. The van der Waals surface area contributed by atoms with Gasteiger partial charge in [0, 0.05) is 39.2 Å². The van der Waals surface area contributed by atoms with Crippen molar-refractivity contribution in [1.82, 2.24) is 9.97 Å². The standard InChI is InChI=1S/C18H15NO.2C10H9NO.Al/c20-18-13-11-17(12-14-18)19(15-7-3-1-4-8-15)16-9-5-2-6-10-16;2*1-7-5-6-8-3-2-4-9(12)10(8)11-7;/h1-14,20H;2*2-6,12H,1H3;/q;;;+3/p-3. The molecule has 2 aromatic heterocycles. The van der Waals surface area contributed by atoms with Gasteiger partial charge in [0.15, 0.2) is 0 Å². The molecule has 0 unspecified atom stereocenters. The summed E-state index contributed by atoms with van der Waals surface area (Å²) >= 11 is -2.91. The molecule has 2 heterocycles. The van der Waals surface area contributed by atoms with Crippen LogP contribution in [-0.2, 0) is 0 Å². The maximum atomic E-state index is 6.58. The molecule has 0 amide bonds. The third kappa shape index (κ3) is 6.32. The topological polar surface area (TPSA) is 56.7 Å². The SMILES string of the molecule is Cc1ccc2cccc([O][Al]([O]c3ccc(N(c4ccccc4)c4ccccc4)cc3)[O]c3cccc4ccc(C)nc34)c2n1. The molecule has 0 aliphatic heterocycles. The van der Waals surface area contributed by atoms with Crippen LogP contribution in [0.3, 0.4) is 0 Å². The molecule has 0 bridgehead atoms. The number of aryl methyl sites for hydroxylation is 2. The highest BCUT2D eigenvalue weighted by Crippen LogP contribution is 2.35. The van der Waals surface area contributed by atoms with Crippen LogP contribution in [0.25, 0.3) is 21.8 Å². The first-order chi connectivity index (χ1) is 22.1. The van der Waals surface area contributed by atoms with Gasteiger partial charge in [-0.05, 0) is 86.6 Å². The lowest BCUT2D eigenvalue weighted by atomic mass is 10.2. The summed E-state index contributed by atoms with van der Waals surface area (Å²) in [6.07, 6.45) is 0. The van der Waals surface area contributed by atoms with Gasteiger partial charge in [0.1, 0.15) is 22.5 Å². The third-order valence-corrected chi connectivity index (χ3v) is 8.80. The monoisotopic (exact) mass is 603 g/mol. The zero-order valence-corrected chi connectivity index (χ0v) is 26.2. The highest BCUT2D eigenvalue weighted by Gasteiger charge is 2.45. The van der Waals surface area contributed by atoms with Crippen molar-refractivity contribution in [1.29, 1.82) is 0 Å². The Labute approximate surface area is 267 Å². The molecule has 0 atom stereocenters. The average Bonchev–Trinajstić information content (AvgIpc) is 3.07. The summed E-state index contributed by atoms with van der Waals surface area (Å²) in [4.78, 5) is 11.7. The second-order valence-electron chi connectivity index (χ2n) is 10.7. The molecule has 5 aromatic carbocycles. The zero-order chi connectivity index (χ0) is 30.6. The number of hydrogen-bond acceptors (Lipinski definition) is 6. The van der Waals surface area contributed by atoms with Crippen molar-refractivity contribution in [3.05, 3.63) is 157 Å². The van der Waals surface area contributed by atoms with E-state index in [9.17, 15) is 0 Å². The lowest BCUT2D eigenvalue weighted by Gasteiger charge is -2.25. The molecule has 0 radical (unpaired) electrons. The number of nitrogens with zero attached hydrogens (tertiary/aromatic N) is 3. The van der Waals surface area contributed by atoms with E-state index in [4.69, 9.17) is 21.3 Å². The van der Waals surface area contributed by atoms with Crippen LogP contribution in [-0.4, -0.2) is 25.1 Å². The van der Waals surface area contributed by atoms with Crippen molar-refractivity contribution in [3.63, 3.8) is 0 Å². The number of pyridine rings is 2. The van der Waals surface area contributed by atoms with Gasteiger partial charge < -0.3 is 16.3 Å². The Morgan fingerprint density at radius 3 is 1.40 bits per heavy atom. The van der Waals surface area contributed by atoms with Crippen molar-refractivity contribution in [2.45, 2.75) is 13.8 Å². The summed E-state index contributed by atoms with van der Waals surface area (Å²) in [6.45, 7) is 3.94. The average molecular weight is 604 g/mol.